The summed E-state index contributed by atoms with van der Waals surface area (Å²) in [4.78, 5) is 25.1. The second-order valence-corrected chi connectivity index (χ2v) is 9.13. The number of fused-ring (bicyclic) bond motifs is 1. The number of halogens is 2. The van der Waals surface area contributed by atoms with Crippen molar-refractivity contribution in [2.24, 2.45) is 0 Å². The van der Waals surface area contributed by atoms with E-state index in [0.29, 0.717) is 32.7 Å². The first-order chi connectivity index (χ1) is 15.9. The van der Waals surface area contributed by atoms with Crippen molar-refractivity contribution in [3.63, 3.8) is 0 Å². The quantitative estimate of drug-likeness (QED) is 0.291. The Balaban J connectivity index is 1.63. The molecule has 1 heterocycles. The van der Waals surface area contributed by atoms with Gasteiger partial charge in [-0.1, -0.05) is 59.6 Å². The van der Waals surface area contributed by atoms with Crippen LogP contribution in [0.25, 0.3) is 10.9 Å². The van der Waals surface area contributed by atoms with Gasteiger partial charge in [0.2, 0.25) is 0 Å². The lowest BCUT2D eigenvalue weighted by Crippen LogP contribution is -2.27. The zero-order valence-electron chi connectivity index (χ0n) is 17.2. The Morgan fingerprint density at radius 1 is 0.970 bits per heavy atom. The average Bonchev–Trinajstić information content (AvgIpc) is 3.21. The highest BCUT2D eigenvalue weighted by atomic mass is 35.5. The van der Waals surface area contributed by atoms with Crippen LogP contribution < -0.4 is 9.62 Å². The summed E-state index contributed by atoms with van der Waals surface area (Å²) < 4.78 is 3.15. The number of hydrogen-bond acceptors (Lipinski definition) is 4. The molecule has 0 fully saturated rings. The highest BCUT2D eigenvalue weighted by Gasteiger charge is 2.19. The molecule has 9 heteroatoms. The van der Waals surface area contributed by atoms with Crippen LogP contribution in [0.1, 0.15) is 5.56 Å². The molecule has 1 amide bonds. The van der Waals surface area contributed by atoms with Crippen LogP contribution in [-0.4, -0.2) is 28.2 Å². The highest BCUT2D eigenvalue weighted by molar-refractivity contribution is 8.00. The zero-order valence-corrected chi connectivity index (χ0v) is 19.6. The molecule has 3 aromatic carbocycles. The van der Waals surface area contributed by atoms with Crippen LogP contribution in [0.5, 0.6) is 0 Å². The summed E-state index contributed by atoms with van der Waals surface area (Å²) in [5.41, 5.74) is 2.32. The van der Waals surface area contributed by atoms with Gasteiger partial charge in [0.1, 0.15) is 6.54 Å². The van der Waals surface area contributed by atoms with Crippen LogP contribution in [0.3, 0.4) is 0 Å². The molecular formula is C24H19Cl2N3O3S. The molecule has 0 aliphatic rings. The SMILES string of the molecule is O=C(O)CN(Sc1cc(Cl)cc(Cl)c1)c1cccc2c1ccn2C(=O)NCc1ccccc1. The fourth-order valence-electron chi connectivity index (χ4n) is 3.40. The molecule has 0 radical (unpaired) electrons. The molecule has 0 unspecified atom stereocenters. The Kier molecular flexibility index (Phi) is 7.13. The summed E-state index contributed by atoms with van der Waals surface area (Å²) in [5.74, 6) is -0.993. The van der Waals surface area contributed by atoms with E-state index in [1.54, 1.807) is 40.8 Å². The Morgan fingerprint density at radius 3 is 2.39 bits per heavy atom. The number of benzene rings is 3. The molecule has 0 saturated heterocycles. The summed E-state index contributed by atoms with van der Waals surface area (Å²) in [6.07, 6.45) is 1.67. The van der Waals surface area contributed by atoms with Crippen molar-refractivity contribution in [1.29, 1.82) is 0 Å². The summed E-state index contributed by atoms with van der Waals surface area (Å²) in [5, 5.41) is 14.1. The van der Waals surface area contributed by atoms with Gasteiger partial charge in [-0.3, -0.25) is 9.36 Å². The lowest BCUT2D eigenvalue weighted by molar-refractivity contribution is -0.135. The standard InChI is InChI=1S/C24H19Cl2N3O3S/c25-17-11-18(26)13-19(12-17)33-29(15-23(30)31)22-8-4-7-21-20(22)9-10-28(21)24(32)27-14-16-5-2-1-3-6-16/h1-13H,14-15H2,(H,27,32)(H,30,31). The molecule has 0 aliphatic heterocycles. The maximum absolute atomic E-state index is 12.8. The van der Waals surface area contributed by atoms with Crippen LogP contribution in [0.4, 0.5) is 10.5 Å². The molecule has 4 rings (SSSR count). The van der Waals surface area contributed by atoms with Crippen molar-refractivity contribution in [3.05, 3.63) is 94.6 Å². The third kappa shape index (κ3) is 5.63. The monoisotopic (exact) mass is 499 g/mol. The molecule has 1 aromatic heterocycles. The largest absolute Gasteiger partial charge is 0.480 e. The van der Waals surface area contributed by atoms with Crippen LogP contribution in [0.2, 0.25) is 10.0 Å². The molecular weight excluding hydrogens is 481 g/mol. The zero-order chi connectivity index (χ0) is 23.4. The number of nitrogens with one attached hydrogen (secondary N) is 1. The number of carboxylic acids is 1. The first-order valence-electron chi connectivity index (χ1n) is 9.96. The number of carbonyl (C=O) groups excluding carboxylic acids is 1. The van der Waals surface area contributed by atoms with E-state index < -0.39 is 5.97 Å². The first kappa shape index (κ1) is 23.0. The number of aliphatic carboxylic acids is 1. The van der Waals surface area contributed by atoms with Crippen LogP contribution >= 0.6 is 35.1 Å². The Hall–Kier alpha value is -3.13. The van der Waals surface area contributed by atoms with Gasteiger partial charge in [0, 0.05) is 33.1 Å². The lowest BCUT2D eigenvalue weighted by Gasteiger charge is -2.22. The number of carbonyl (C=O) groups is 2. The van der Waals surface area contributed by atoms with E-state index in [-0.39, 0.29) is 12.6 Å². The van der Waals surface area contributed by atoms with Gasteiger partial charge < -0.3 is 14.7 Å². The fourth-order valence-corrected chi connectivity index (χ4v) is 5.10. The van der Waals surface area contributed by atoms with Gasteiger partial charge in [-0.15, -0.1) is 0 Å². The highest BCUT2D eigenvalue weighted by Crippen LogP contribution is 2.36. The minimum absolute atomic E-state index is 0.265. The van der Waals surface area contributed by atoms with Crippen LogP contribution in [0, 0.1) is 0 Å². The maximum Gasteiger partial charge on any atom is 0.326 e. The minimum Gasteiger partial charge on any atom is -0.480 e. The summed E-state index contributed by atoms with van der Waals surface area (Å²) in [6.45, 7) is 0.134. The molecule has 0 aliphatic carbocycles. The third-order valence-corrected chi connectivity index (χ3v) is 6.24. The first-order valence-corrected chi connectivity index (χ1v) is 11.5. The molecule has 2 N–H and O–H groups in total. The van der Waals surface area contributed by atoms with Crippen molar-refractivity contribution in [2.45, 2.75) is 11.4 Å². The van der Waals surface area contributed by atoms with E-state index >= 15 is 0 Å². The van der Waals surface area contributed by atoms with Crippen molar-refractivity contribution >= 4 is 63.7 Å². The summed E-state index contributed by atoms with van der Waals surface area (Å²) in [7, 11) is 0. The summed E-state index contributed by atoms with van der Waals surface area (Å²) >= 11 is 13.4. The van der Waals surface area contributed by atoms with E-state index in [4.69, 9.17) is 23.2 Å². The molecule has 168 valence electrons. The molecule has 33 heavy (non-hydrogen) atoms. The van der Waals surface area contributed by atoms with Gasteiger partial charge in [-0.05, 0) is 53.9 Å². The Labute approximate surface area is 204 Å². The van der Waals surface area contributed by atoms with E-state index in [9.17, 15) is 14.7 Å². The molecule has 4 aromatic rings. The van der Waals surface area contributed by atoms with Gasteiger partial charge in [0.25, 0.3) is 0 Å². The number of anilines is 1. The molecule has 0 spiro atoms. The topological polar surface area (TPSA) is 74.6 Å². The van der Waals surface area contributed by atoms with Gasteiger partial charge in [0.15, 0.2) is 0 Å². The number of amides is 1. The van der Waals surface area contributed by atoms with Gasteiger partial charge in [-0.2, -0.15) is 0 Å². The second-order valence-electron chi connectivity index (χ2n) is 7.17. The minimum atomic E-state index is -0.993. The smallest absolute Gasteiger partial charge is 0.326 e. The molecule has 0 bridgehead atoms. The van der Waals surface area contributed by atoms with Crippen molar-refractivity contribution in [3.8, 4) is 0 Å². The predicted molar refractivity (Wildman–Crippen MR) is 133 cm³/mol. The summed E-state index contributed by atoms with van der Waals surface area (Å²) in [6, 6.07) is 21.6. The van der Waals surface area contributed by atoms with Gasteiger partial charge in [-0.25, -0.2) is 4.79 Å². The van der Waals surface area contributed by atoms with E-state index in [0.717, 1.165) is 10.9 Å². The number of nitrogens with zero attached hydrogens (tertiary/aromatic N) is 2. The molecule has 0 atom stereocenters. The Morgan fingerprint density at radius 2 is 1.70 bits per heavy atom. The number of hydrogen-bond donors (Lipinski definition) is 2. The number of carboxylic acid groups (broad SMARTS) is 1. The van der Waals surface area contributed by atoms with Gasteiger partial charge in [0.05, 0.1) is 11.2 Å². The third-order valence-electron chi connectivity index (χ3n) is 4.81. The fraction of sp³-hybridized carbons (Fsp3) is 0.0833. The van der Waals surface area contributed by atoms with Gasteiger partial charge >= 0.3 is 12.0 Å². The van der Waals surface area contributed by atoms with E-state index in [1.165, 1.54) is 16.5 Å². The molecule has 0 saturated carbocycles. The Bertz CT molecular complexity index is 1290. The number of aromatic nitrogens is 1. The van der Waals surface area contributed by atoms with Crippen molar-refractivity contribution < 1.29 is 14.7 Å². The van der Waals surface area contributed by atoms with E-state index in [1.807, 2.05) is 42.5 Å². The maximum atomic E-state index is 12.8. The normalized spacial score (nSPS) is 10.8. The molecule has 6 nitrogen and oxygen atoms in total. The van der Waals surface area contributed by atoms with Crippen LogP contribution in [-0.2, 0) is 11.3 Å². The number of rotatable bonds is 7. The average molecular weight is 500 g/mol. The second kappa shape index (κ2) is 10.2. The van der Waals surface area contributed by atoms with Crippen LogP contribution in [0.15, 0.2) is 83.9 Å². The predicted octanol–water partition coefficient (Wildman–Crippen LogP) is 6.30. The van der Waals surface area contributed by atoms with E-state index in [2.05, 4.69) is 5.32 Å². The lowest BCUT2D eigenvalue weighted by atomic mass is 10.2. The van der Waals surface area contributed by atoms with Crippen molar-refractivity contribution in [2.75, 3.05) is 10.8 Å². The van der Waals surface area contributed by atoms with Crippen molar-refractivity contribution in [1.82, 2.24) is 9.88 Å².